The van der Waals surface area contributed by atoms with Crippen LogP contribution in [0.25, 0.3) is 10.2 Å². The van der Waals surface area contributed by atoms with Gasteiger partial charge in [0.2, 0.25) is 0 Å². The lowest BCUT2D eigenvalue weighted by Crippen LogP contribution is -2.43. The second-order valence-electron chi connectivity index (χ2n) is 4.24. The van der Waals surface area contributed by atoms with Crippen LogP contribution in [-0.4, -0.2) is 44.7 Å². The predicted octanol–water partition coefficient (Wildman–Crippen LogP) is 2.29. The maximum absolute atomic E-state index is 12.1. The SMILES string of the molecule is O=C(O)[C@@H]1CSCN1C(=O)Nc1nc2ccccc2s1. The number of carbonyl (C=O) groups is 2. The molecule has 1 saturated heterocycles. The van der Waals surface area contributed by atoms with Crippen LogP contribution >= 0.6 is 23.1 Å². The molecule has 0 unspecified atom stereocenters. The number of hydrogen-bond acceptors (Lipinski definition) is 5. The Balaban J connectivity index is 1.76. The highest BCUT2D eigenvalue weighted by Crippen LogP contribution is 2.27. The number of nitrogens with one attached hydrogen (secondary N) is 1. The first-order chi connectivity index (χ1) is 9.65. The summed E-state index contributed by atoms with van der Waals surface area (Å²) >= 11 is 2.80. The largest absolute Gasteiger partial charge is 0.480 e. The van der Waals surface area contributed by atoms with Crippen LogP contribution in [-0.2, 0) is 4.79 Å². The smallest absolute Gasteiger partial charge is 0.327 e. The van der Waals surface area contributed by atoms with E-state index in [2.05, 4.69) is 10.3 Å². The zero-order chi connectivity index (χ0) is 14.1. The minimum atomic E-state index is -0.977. The van der Waals surface area contributed by atoms with Crippen LogP contribution in [0.1, 0.15) is 0 Å². The minimum Gasteiger partial charge on any atom is -0.480 e. The summed E-state index contributed by atoms with van der Waals surface area (Å²) in [5.41, 5.74) is 0.818. The number of carbonyl (C=O) groups excluding carboxylic acids is 1. The average molecular weight is 309 g/mol. The Morgan fingerprint density at radius 3 is 2.95 bits per heavy atom. The third kappa shape index (κ3) is 2.44. The van der Waals surface area contributed by atoms with Crippen LogP contribution in [0.15, 0.2) is 24.3 Å². The highest BCUT2D eigenvalue weighted by molar-refractivity contribution is 7.99. The first kappa shape index (κ1) is 13.2. The lowest BCUT2D eigenvalue weighted by atomic mass is 10.3. The van der Waals surface area contributed by atoms with Gasteiger partial charge in [-0.1, -0.05) is 23.5 Å². The van der Waals surface area contributed by atoms with E-state index in [1.54, 1.807) is 0 Å². The number of amides is 2. The molecule has 104 valence electrons. The fourth-order valence-corrected chi connectivity index (χ4v) is 3.94. The summed E-state index contributed by atoms with van der Waals surface area (Å²) < 4.78 is 0.980. The van der Waals surface area contributed by atoms with Gasteiger partial charge in [-0.05, 0) is 12.1 Å². The number of benzene rings is 1. The number of para-hydroxylation sites is 1. The number of fused-ring (bicyclic) bond motifs is 1. The van der Waals surface area contributed by atoms with Crippen molar-refractivity contribution in [1.29, 1.82) is 0 Å². The lowest BCUT2D eigenvalue weighted by molar-refractivity contribution is -0.140. The van der Waals surface area contributed by atoms with Crippen molar-refractivity contribution in [3.63, 3.8) is 0 Å². The third-order valence-corrected chi connectivity index (χ3v) is 4.90. The highest BCUT2D eigenvalue weighted by atomic mass is 32.2. The van der Waals surface area contributed by atoms with Crippen LogP contribution in [0.3, 0.4) is 0 Å². The molecule has 1 aliphatic rings. The number of thioether (sulfide) groups is 1. The molecular formula is C12H11N3O3S2. The molecule has 0 radical (unpaired) electrons. The van der Waals surface area contributed by atoms with Crippen molar-refractivity contribution < 1.29 is 14.7 Å². The van der Waals surface area contributed by atoms with Gasteiger partial charge in [0, 0.05) is 5.75 Å². The Hall–Kier alpha value is -1.80. The summed E-state index contributed by atoms with van der Waals surface area (Å²) in [6.07, 6.45) is 0. The average Bonchev–Trinajstić information content (AvgIpc) is 3.04. The summed E-state index contributed by atoms with van der Waals surface area (Å²) in [6.45, 7) is 0. The summed E-state index contributed by atoms with van der Waals surface area (Å²) in [6, 6.07) is 6.40. The van der Waals surface area contributed by atoms with E-state index in [9.17, 15) is 9.59 Å². The van der Waals surface area contributed by atoms with Crippen LogP contribution in [0.4, 0.5) is 9.93 Å². The summed E-state index contributed by atoms with van der Waals surface area (Å²) in [7, 11) is 0. The Bertz CT molecular complexity index is 640. The molecule has 2 heterocycles. The number of nitrogens with zero attached hydrogens (tertiary/aromatic N) is 2. The fraction of sp³-hybridized carbons (Fsp3) is 0.250. The van der Waals surface area contributed by atoms with Gasteiger partial charge >= 0.3 is 12.0 Å². The first-order valence-corrected chi connectivity index (χ1v) is 7.86. The Kier molecular flexibility index (Phi) is 3.49. The van der Waals surface area contributed by atoms with Crippen molar-refractivity contribution in [3.05, 3.63) is 24.3 Å². The van der Waals surface area contributed by atoms with E-state index in [4.69, 9.17) is 5.11 Å². The number of aliphatic carboxylic acids is 1. The molecule has 0 saturated carbocycles. The van der Waals surface area contributed by atoms with Crippen molar-refractivity contribution in [2.75, 3.05) is 16.9 Å². The number of thiazole rings is 1. The van der Waals surface area contributed by atoms with E-state index in [0.717, 1.165) is 10.2 Å². The van der Waals surface area contributed by atoms with E-state index in [1.807, 2.05) is 24.3 Å². The lowest BCUT2D eigenvalue weighted by Gasteiger charge is -2.19. The molecule has 1 aromatic carbocycles. The number of carboxylic acids is 1. The fourth-order valence-electron chi connectivity index (χ4n) is 1.94. The topological polar surface area (TPSA) is 82.5 Å². The normalized spacial score (nSPS) is 18.4. The molecule has 0 bridgehead atoms. The molecule has 20 heavy (non-hydrogen) atoms. The number of aromatic nitrogens is 1. The van der Waals surface area contributed by atoms with Crippen LogP contribution in [0.5, 0.6) is 0 Å². The van der Waals surface area contributed by atoms with E-state index >= 15 is 0 Å². The van der Waals surface area contributed by atoms with Crippen LogP contribution in [0, 0.1) is 0 Å². The van der Waals surface area contributed by atoms with Gasteiger partial charge in [-0.15, -0.1) is 11.8 Å². The molecule has 1 fully saturated rings. The Morgan fingerprint density at radius 2 is 2.20 bits per heavy atom. The second-order valence-corrected chi connectivity index (χ2v) is 6.27. The quantitative estimate of drug-likeness (QED) is 0.889. The molecule has 2 N–H and O–H groups in total. The molecule has 2 aromatic rings. The molecule has 0 aliphatic carbocycles. The number of hydrogen-bond donors (Lipinski definition) is 2. The van der Waals surface area contributed by atoms with Gasteiger partial charge < -0.3 is 10.0 Å². The van der Waals surface area contributed by atoms with Gasteiger partial charge in [-0.25, -0.2) is 14.6 Å². The van der Waals surface area contributed by atoms with Crippen molar-refractivity contribution in [3.8, 4) is 0 Å². The monoisotopic (exact) mass is 309 g/mol. The van der Waals surface area contributed by atoms with Gasteiger partial charge in [-0.2, -0.15) is 0 Å². The van der Waals surface area contributed by atoms with E-state index in [1.165, 1.54) is 28.0 Å². The van der Waals surface area contributed by atoms with Gasteiger partial charge in [0.15, 0.2) is 5.13 Å². The summed E-state index contributed by atoms with van der Waals surface area (Å²) in [5, 5.41) is 12.2. The number of carboxylic acid groups (broad SMARTS) is 1. The van der Waals surface area contributed by atoms with E-state index < -0.39 is 18.0 Å². The molecule has 1 aliphatic heterocycles. The van der Waals surface area contributed by atoms with E-state index in [0.29, 0.717) is 16.8 Å². The van der Waals surface area contributed by atoms with Gasteiger partial charge in [0.25, 0.3) is 0 Å². The van der Waals surface area contributed by atoms with Crippen molar-refractivity contribution in [2.45, 2.75) is 6.04 Å². The summed E-state index contributed by atoms with van der Waals surface area (Å²) in [5.74, 6) is -0.175. The molecule has 1 atom stereocenters. The van der Waals surface area contributed by atoms with Gasteiger partial charge in [-0.3, -0.25) is 5.32 Å². The molecular weight excluding hydrogens is 298 g/mol. The predicted molar refractivity (Wildman–Crippen MR) is 79.2 cm³/mol. The first-order valence-electron chi connectivity index (χ1n) is 5.89. The maximum atomic E-state index is 12.1. The maximum Gasteiger partial charge on any atom is 0.327 e. The third-order valence-electron chi connectivity index (χ3n) is 2.94. The minimum absolute atomic E-state index is 0.383. The number of urea groups is 1. The molecule has 1 aromatic heterocycles. The molecule has 3 rings (SSSR count). The molecule has 8 heteroatoms. The standard InChI is InChI=1S/C12H11N3O3S2/c16-10(17)8-5-19-6-15(8)12(18)14-11-13-7-3-1-2-4-9(7)20-11/h1-4,8H,5-6H2,(H,16,17)(H,13,14,18)/t8-/m0/s1. The van der Waals surface area contributed by atoms with Gasteiger partial charge in [0.1, 0.15) is 6.04 Å². The van der Waals surface area contributed by atoms with Crippen LogP contribution in [0.2, 0.25) is 0 Å². The second kappa shape index (κ2) is 5.29. The zero-order valence-corrected chi connectivity index (χ0v) is 11.9. The van der Waals surface area contributed by atoms with Crippen molar-refractivity contribution >= 4 is 50.4 Å². The number of anilines is 1. The number of rotatable bonds is 2. The molecule has 6 nitrogen and oxygen atoms in total. The van der Waals surface area contributed by atoms with Crippen LogP contribution < -0.4 is 5.32 Å². The molecule has 0 spiro atoms. The zero-order valence-electron chi connectivity index (χ0n) is 10.3. The van der Waals surface area contributed by atoms with Crippen molar-refractivity contribution in [1.82, 2.24) is 9.88 Å². The van der Waals surface area contributed by atoms with E-state index in [-0.39, 0.29) is 0 Å². The van der Waals surface area contributed by atoms with Gasteiger partial charge in [0.05, 0.1) is 16.1 Å². The summed E-state index contributed by atoms with van der Waals surface area (Å²) in [4.78, 5) is 28.8. The molecule has 2 amide bonds. The van der Waals surface area contributed by atoms with Crippen molar-refractivity contribution in [2.24, 2.45) is 0 Å². The Morgan fingerprint density at radius 1 is 1.40 bits per heavy atom. The Labute approximate surface area is 122 Å². The highest BCUT2D eigenvalue weighted by Gasteiger charge is 2.34.